The molecule has 0 aromatic carbocycles. The van der Waals surface area contributed by atoms with Crippen LogP contribution in [0, 0.1) is 5.41 Å². The molecule has 132 valence electrons. The first-order valence-corrected chi connectivity index (χ1v) is 9.58. The third kappa shape index (κ3) is 7.32. The molecule has 1 nitrogen and oxygen atoms in total. The van der Waals surface area contributed by atoms with Crippen LogP contribution in [-0.4, -0.2) is 12.3 Å². The highest BCUT2D eigenvalue weighted by Gasteiger charge is 2.35. The highest BCUT2D eigenvalue weighted by Crippen LogP contribution is 2.41. The summed E-state index contributed by atoms with van der Waals surface area (Å²) in [7, 11) is 0. The maximum atomic E-state index is 4.88. The van der Waals surface area contributed by atoms with Gasteiger partial charge in [-0.3, -0.25) is 4.99 Å². The van der Waals surface area contributed by atoms with Crippen molar-refractivity contribution in [2.45, 2.75) is 72.6 Å². The lowest BCUT2D eigenvalue weighted by Gasteiger charge is -2.29. The van der Waals surface area contributed by atoms with Crippen molar-refractivity contribution in [1.29, 1.82) is 0 Å². The lowest BCUT2D eigenvalue weighted by molar-refractivity contribution is 0.294. The van der Waals surface area contributed by atoms with Gasteiger partial charge in [0.15, 0.2) is 0 Å². The van der Waals surface area contributed by atoms with Gasteiger partial charge in [0, 0.05) is 18.7 Å². The quantitative estimate of drug-likeness (QED) is 0.303. The second kappa shape index (κ2) is 11.9. The predicted molar refractivity (Wildman–Crippen MR) is 109 cm³/mol. The maximum Gasteiger partial charge on any atom is 0.0451 e. The molecular formula is C23H35N. The van der Waals surface area contributed by atoms with Crippen LogP contribution in [0.4, 0.5) is 0 Å². The van der Waals surface area contributed by atoms with Crippen molar-refractivity contribution >= 4 is 5.71 Å². The summed E-state index contributed by atoms with van der Waals surface area (Å²) >= 11 is 0. The summed E-state index contributed by atoms with van der Waals surface area (Å²) in [6.07, 6.45) is 22.9. The van der Waals surface area contributed by atoms with Crippen LogP contribution in [0.1, 0.15) is 72.6 Å². The van der Waals surface area contributed by atoms with Crippen LogP contribution in [0.5, 0.6) is 0 Å². The Morgan fingerprint density at radius 3 is 2.75 bits per heavy atom. The van der Waals surface area contributed by atoms with Gasteiger partial charge in [0.1, 0.15) is 0 Å². The van der Waals surface area contributed by atoms with E-state index in [4.69, 9.17) is 4.99 Å². The predicted octanol–water partition coefficient (Wildman–Crippen LogP) is 6.99. The molecule has 0 fully saturated rings. The van der Waals surface area contributed by atoms with Gasteiger partial charge in [-0.05, 0) is 56.6 Å². The van der Waals surface area contributed by atoms with Crippen LogP contribution in [0.25, 0.3) is 0 Å². The van der Waals surface area contributed by atoms with E-state index in [2.05, 4.69) is 69.9 Å². The van der Waals surface area contributed by atoms with Gasteiger partial charge in [-0.25, -0.2) is 0 Å². The molecule has 0 spiro atoms. The molecule has 0 saturated heterocycles. The van der Waals surface area contributed by atoms with Gasteiger partial charge in [0.05, 0.1) is 0 Å². The Bertz CT molecular complexity index is 538. The first-order chi connectivity index (χ1) is 11.7. The minimum atomic E-state index is 0.354. The average molecular weight is 326 g/mol. The largest absolute Gasteiger partial charge is 0.293 e. The van der Waals surface area contributed by atoms with Gasteiger partial charge in [-0.2, -0.15) is 0 Å². The van der Waals surface area contributed by atoms with Crippen molar-refractivity contribution in [3.63, 3.8) is 0 Å². The molecule has 1 unspecified atom stereocenters. The van der Waals surface area contributed by atoms with Crippen molar-refractivity contribution < 1.29 is 0 Å². The highest BCUT2D eigenvalue weighted by molar-refractivity contribution is 5.88. The molecule has 1 aliphatic rings. The molecule has 1 rings (SSSR count). The van der Waals surface area contributed by atoms with Gasteiger partial charge in [-0.15, -0.1) is 5.73 Å². The zero-order valence-corrected chi connectivity index (χ0v) is 16.1. The van der Waals surface area contributed by atoms with Gasteiger partial charge in [0.25, 0.3) is 0 Å². The molecule has 0 saturated carbocycles. The Morgan fingerprint density at radius 1 is 1.25 bits per heavy atom. The number of allylic oxidation sites excluding steroid dienone is 7. The lowest BCUT2D eigenvalue weighted by Crippen LogP contribution is -2.23. The molecule has 0 aromatic rings. The number of nitrogens with zero attached hydrogens (tertiary/aromatic N) is 1. The molecule has 0 radical (unpaired) electrons. The summed E-state index contributed by atoms with van der Waals surface area (Å²) in [5.41, 5.74) is 6.51. The van der Waals surface area contributed by atoms with E-state index in [1.54, 1.807) is 5.57 Å². The van der Waals surface area contributed by atoms with E-state index in [0.29, 0.717) is 5.41 Å². The van der Waals surface area contributed by atoms with Crippen LogP contribution in [-0.2, 0) is 0 Å². The number of rotatable bonds is 10. The van der Waals surface area contributed by atoms with E-state index in [9.17, 15) is 0 Å². The zero-order valence-electron chi connectivity index (χ0n) is 16.1. The number of hydrogen-bond donors (Lipinski definition) is 0. The fourth-order valence-electron chi connectivity index (χ4n) is 3.39. The van der Waals surface area contributed by atoms with Crippen LogP contribution < -0.4 is 0 Å². The fraction of sp³-hybridized carbons (Fsp3) is 0.565. The van der Waals surface area contributed by atoms with Crippen molar-refractivity contribution in [1.82, 2.24) is 0 Å². The Morgan fingerprint density at radius 2 is 2.08 bits per heavy atom. The maximum absolute atomic E-state index is 4.88. The van der Waals surface area contributed by atoms with E-state index >= 15 is 0 Å². The van der Waals surface area contributed by atoms with E-state index in [1.807, 2.05) is 6.08 Å². The van der Waals surface area contributed by atoms with Crippen LogP contribution in [0.15, 0.2) is 58.8 Å². The van der Waals surface area contributed by atoms with Crippen molar-refractivity contribution in [3.05, 3.63) is 53.8 Å². The molecule has 0 aliphatic carbocycles. The van der Waals surface area contributed by atoms with E-state index in [-0.39, 0.29) is 0 Å². The highest BCUT2D eigenvalue weighted by atomic mass is 14.8. The standard InChI is InChI=1S/C23H35N/c1-5-9-11-12-13-14-16-22-19-23(17-7-3,20-24-22)18-21(8-4)15-10-6-2/h6,9-12,14-15H,5,7-8,16-20H2,1-4H3/b10-6-,11-9-,21-15+. The molecule has 0 bridgehead atoms. The summed E-state index contributed by atoms with van der Waals surface area (Å²) in [5.74, 6) is 0. The molecule has 0 N–H and O–H groups in total. The summed E-state index contributed by atoms with van der Waals surface area (Å²) in [4.78, 5) is 4.88. The topological polar surface area (TPSA) is 12.4 Å². The van der Waals surface area contributed by atoms with Gasteiger partial charge >= 0.3 is 0 Å². The van der Waals surface area contributed by atoms with Crippen molar-refractivity contribution in [2.24, 2.45) is 10.4 Å². The second-order valence-electron chi connectivity index (χ2n) is 6.77. The van der Waals surface area contributed by atoms with Crippen molar-refractivity contribution in [2.75, 3.05) is 6.54 Å². The molecule has 24 heavy (non-hydrogen) atoms. The SMILES string of the molecule is C/C=C\C=C(/CC)CC1(CCC)CN=C(CC=C=C/C=C\CC)C1. The second-order valence-corrected chi connectivity index (χ2v) is 6.77. The van der Waals surface area contributed by atoms with Crippen LogP contribution in [0.3, 0.4) is 0 Å². The minimum Gasteiger partial charge on any atom is -0.293 e. The summed E-state index contributed by atoms with van der Waals surface area (Å²) in [6, 6.07) is 0. The Hall–Kier alpha value is -1.59. The average Bonchev–Trinajstić information content (AvgIpc) is 2.98. The van der Waals surface area contributed by atoms with E-state index in [0.717, 1.165) is 32.2 Å². The molecule has 1 aliphatic heterocycles. The Balaban J connectivity index is 2.69. The summed E-state index contributed by atoms with van der Waals surface area (Å²) in [5, 5.41) is 0. The van der Waals surface area contributed by atoms with E-state index in [1.165, 1.54) is 25.0 Å². The van der Waals surface area contributed by atoms with Gasteiger partial charge in [-0.1, -0.05) is 63.1 Å². The lowest BCUT2D eigenvalue weighted by atomic mass is 9.75. The molecule has 1 atom stereocenters. The fourth-order valence-corrected chi connectivity index (χ4v) is 3.39. The number of aliphatic imine (C=N–C) groups is 1. The zero-order chi connectivity index (χ0) is 17.7. The number of hydrogen-bond acceptors (Lipinski definition) is 1. The minimum absolute atomic E-state index is 0.354. The van der Waals surface area contributed by atoms with Gasteiger partial charge < -0.3 is 0 Å². The molecule has 0 aromatic heterocycles. The third-order valence-corrected chi connectivity index (χ3v) is 4.60. The monoisotopic (exact) mass is 325 g/mol. The van der Waals surface area contributed by atoms with Crippen molar-refractivity contribution in [3.8, 4) is 0 Å². The first kappa shape index (κ1) is 20.5. The molecular weight excluding hydrogens is 290 g/mol. The van der Waals surface area contributed by atoms with Crippen LogP contribution in [0.2, 0.25) is 0 Å². The normalized spacial score (nSPS) is 21.3. The smallest absolute Gasteiger partial charge is 0.0451 e. The molecule has 1 heterocycles. The third-order valence-electron chi connectivity index (χ3n) is 4.60. The molecule has 0 amide bonds. The Labute approximate surface area is 149 Å². The first-order valence-electron chi connectivity index (χ1n) is 9.58. The summed E-state index contributed by atoms with van der Waals surface area (Å²) in [6.45, 7) is 9.78. The Kier molecular flexibility index (Phi) is 10.1. The van der Waals surface area contributed by atoms with Gasteiger partial charge in [0.2, 0.25) is 0 Å². The molecule has 1 heteroatoms. The summed E-state index contributed by atoms with van der Waals surface area (Å²) < 4.78 is 0. The van der Waals surface area contributed by atoms with E-state index < -0.39 is 0 Å². The van der Waals surface area contributed by atoms with Crippen LogP contribution >= 0.6 is 0 Å².